The van der Waals surface area contributed by atoms with Crippen molar-refractivity contribution in [2.24, 2.45) is 0 Å². The SMILES string of the molecule is CCCCc1ccc(NC2CCCN(C(=O)OC(C)(C)C)CC2)cc1. The Bertz CT molecular complexity index is 534. The van der Waals surface area contributed by atoms with Gasteiger partial charge in [-0.05, 0) is 70.6 Å². The predicted octanol–water partition coefficient (Wildman–Crippen LogP) is 5.23. The van der Waals surface area contributed by atoms with Gasteiger partial charge in [0.1, 0.15) is 5.60 Å². The van der Waals surface area contributed by atoms with Gasteiger partial charge < -0.3 is 15.0 Å². The van der Waals surface area contributed by atoms with Crippen LogP contribution in [0.1, 0.15) is 65.4 Å². The summed E-state index contributed by atoms with van der Waals surface area (Å²) in [5.74, 6) is 0. The zero-order valence-electron chi connectivity index (χ0n) is 16.3. The van der Waals surface area contributed by atoms with Crippen LogP contribution in [0.25, 0.3) is 0 Å². The first kappa shape index (κ1) is 19.6. The van der Waals surface area contributed by atoms with Crippen molar-refractivity contribution in [2.45, 2.75) is 77.9 Å². The fraction of sp³-hybridized carbons (Fsp3) is 0.667. The lowest BCUT2D eigenvalue weighted by Crippen LogP contribution is -2.37. The first-order valence-electron chi connectivity index (χ1n) is 9.71. The van der Waals surface area contributed by atoms with Crippen molar-refractivity contribution in [3.05, 3.63) is 29.8 Å². The van der Waals surface area contributed by atoms with Crippen molar-refractivity contribution in [2.75, 3.05) is 18.4 Å². The van der Waals surface area contributed by atoms with Gasteiger partial charge in [0.05, 0.1) is 0 Å². The zero-order chi connectivity index (χ0) is 18.3. The molecule has 4 nitrogen and oxygen atoms in total. The molecular weight excluding hydrogens is 312 g/mol. The highest BCUT2D eigenvalue weighted by atomic mass is 16.6. The Kier molecular flexibility index (Phi) is 7.15. The summed E-state index contributed by atoms with van der Waals surface area (Å²) in [5.41, 5.74) is 2.15. The highest BCUT2D eigenvalue weighted by Crippen LogP contribution is 2.19. The summed E-state index contributed by atoms with van der Waals surface area (Å²) in [4.78, 5) is 14.1. The largest absolute Gasteiger partial charge is 0.444 e. The third-order valence-corrected chi connectivity index (χ3v) is 4.52. The first-order chi connectivity index (χ1) is 11.9. The average Bonchev–Trinajstić information content (AvgIpc) is 2.78. The molecule has 1 fully saturated rings. The van der Waals surface area contributed by atoms with Gasteiger partial charge >= 0.3 is 6.09 Å². The lowest BCUT2D eigenvalue weighted by Gasteiger charge is -2.26. The van der Waals surface area contributed by atoms with Gasteiger partial charge in [0, 0.05) is 24.8 Å². The molecule has 0 aromatic heterocycles. The number of carbonyl (C=O) groups is 1. The molecule has 1 N–H and O–H groups in total. The molecule has 1 saturated heterocycles. The molecule has 1 heterocycles. The van der Waals surface area contributed by atoms with Crippen molar-refractivity contribution in [3.8, 4) is 0 Å². The molecule has 140 valence electrons. The molecule has 1 unspecified atom stereocenters. The first-order valence-corrected chi connectivity index (χ1v) is 9.71. The lowest BCUT2D eigenvalue weighted by atomic mass is 10.1. The van der Waals surface area contributed by atoms with E-state index in [1.54, 1.807) is 0 Å². The predicted molar refractivity (Wildman–Crippen MR) is 104 cm³/mol. The Morgan fingerprint density at radius 2 is 1.92 bits per heavy atom. The molecule has 1 atom stereocenters. The van der Waals surface area contributed by atoms with Crippen molar-refractivity contribution in [1.82, 2.24) is 4.90 Å². The molecule has 1 aromatic rings. The van der Waals surface area contributed by atoms with E-state index >= 15 is 0 Å². The molecule has 0 spiro atoms. The van der Waals surface area contributed by atoms with E-state index in [0.717, 1.165) is 38.8 Å². The quantitative estimate of drug-likeness (QED) is 0.793. The number of hydrogen-bond donors (Lipinski definition) is 1. The average molecular weight is 347 g/mol. The number of likely N-dealkylation sites (tertiary alicyclic amines) is 1. The Hall–Kier alpha value is -1.71. The minimum absolute atomic E-state index is 0.187. The number of benzene rings is 1. The number of carbonyl (C=O) groups excluding carboxylic acids is 1. The summed E-state index contributed by atoms with van der Waals surface area (Å²) in [6, 6.07) is 9.22. The number of aryl methyl sites for hydroxylation is 1. The molecule has 1 aliphatic rings. The topological polar surface area (TPSA) is 41.6 Å². The third-order valence-electron chi connectivity index (χ3n) is 4.52. The third kappa shape index (κ3) is 6.97. The van der Waals surface area contributed by atoms with Crippen LogP contribution in [0.15, 0.2) is 24.3 Å². The molecule has 0 aliphatic carbocycles. The Balaban J connectivity index is 1.83. The van der Waals surface area contributed by atoms with Crippen molar-refractivity contribution in [1.29, 1.82) is 0 Å². The van der Waals surface area contributed by atoms with Crippen LogP contribution in [0.2, 0.25) is 0 Å². The van der Waals surface area contributed by atoms with Gasteiger partial charge in [0.2, 0.25) is 0 Å². The van der Waals surface area contributed by atoms with E-state index in [-0.39, 0.29) is 6.09 Å². The number of nitrogens with one attached hydrogen (secondary N) is 1. The summed E-state index contributed by atoms with van der Waals surface area (Å²) in [7, 11) is 0. The highest BCUT2D eigenvalue weighted by Gasteiger charge is 2.25. The summed E-state index contributed by atoms with van der Waals surface area (Å²) in [5, 5.41) is 3.63. The fourth-order valence-corrected chi connectivity index (χ4v) is 3.13. The number of amides is 1. The van der Waals surface area contributed by atoms with Gasteiger partial charge in [-0.15, -0.1) is 0 Å². The van der Waals surface area contributed by atoms with Gasteiger partial charge in [0.25, 0.3) is 0 Å². The van der Waals surface area contributed by atoms with Crippen LogP contribution in [0.5, 0.6) is 0 Å². The standard InChI is InChI=1S/C21H34N2O2/c1-5-6-8-17-10-12-19(13-11-17)22-18-9-7-15-23(16-14-18)20(24)25-21(2,3)4/h10-13,18,22H,5-9,14-16H2,1-4H3. The summed E-state index contributed by atoms with van der Waals surface area (Å²) >= 11 is 0. The second kappa shape index (κ2) is 9.12. The molecule has 0 radical (unpaired) electrons. The van der Waals surface area contributed by atoms with Crippen LogP contribution in [0, 0.1) is 0 Å². The summed E-state index contributed by atoms with van der Waals surface area (Å²) < 4.78 is 5.50. The van der Waals surface area contributed by atoms with E-state index in [1.165, 1.54) is 24.1 Å². The van der Waals surface area contributed by atoms with E-state index in [0.29, 0.717) is 6.04 Å². The Labute approximate surface area is 152 Å². The maximum Gasteiger partial charge on any atom is 0.410 e. The minimum atomic E-state index is -0.430. The molecular formula is C21H34N2O2. The van der Waals surface area contributed by atoms with E-state index in [2.05, 4.69) is 36.5 Å². The maximum absolute atomic E-state index is 12.2. The van der Waals surface area contributed by atoms with Gasteiger partial charge in [-0.25, -0.2) is 4.79 Å². The monoisotopic (exact) mass is 346 g/mol. The molecule has 1 aromatic carbocycles. The number of nitrogens with zero attached hydrogens (tertiary/aromatic N) is 1. The lowest BCUT2D eigenvalue weighted by molar-refractivity contribution is 0.0256. The van der Waals surface area contributed by atoms with Crippen molar-refractivity contribution in [3.63, 3.8) is 0 Å². The van der Waals surface area contributed by atoms with Gasteiger partial charge in [-0.1, -0.05) is 25.5 Å². The van der Waals surface area contributed by atoms with Crippen LogP contribution in [0.3, 0.4) is 0 Å². The van der Waals surface area contributed by atoms with Gasteiger partial charge in [-0.3, -0.25) is 0 Å². The highest BCUT2D eigenvalue weighted by molar-refractivity contribution is 5.68. The summed E-state index contributed by atoms with van der Waals surface area (Å²) in [6.45, 7) is 9.50. The van der Waals surface area contributed by atoms with Crippen LogP contribution in [0.4, 0.5) is 10.5 Å². The Morgan fingerprint density at radius 1 is 1.20 bits per heavy atom. The molecule has 1 aliphatic heterocycles. The molecule has 0 saturated carbocycles. The van der Waals surface area contributed by atoms with E-state index in [4.69, 9.17) is 4.74 Å². The van der Waals surface area contributed by atoms with Crippen molar-refractivity contribution < 1.29 is 9.53 Å². The van der Waals surface area contributed by atoms with E-state index in [9.17, 15) is 4.79 Å². The van der Waals surface area contributed by atoms with Crippen molar-refractivity contribution >= 4 is 11.8 Å². The van der Waals surface area contributed by atoms with Crippen LogP contribution < -0.4 is 5.32 Å². The number of hydrogen-bond acceptors (Lipinski definition) is 3. The second-order valence-electron chi connectivity index (χ2n) is 8.04. The van der Waals surface area contributed by atoms with E-state index < -0.39 is 5.60 Å². The summed E-state index contributed by atoms with van der Waals surface area (Å²) in [6.07, 6.45) is 6.49. The molecule has 4 heteroatoms. The van der Waals surface area contributed by atoms with Gasteiger partial charge in [0.15, 0.2) is 0 Å². The van der Waals surface area contributed by atoms with E-state index in [1.807, 2.05) is 25.7 Å². The molecule has 2 rings (SSSR count). The Morgan fingerprint density at radius 3 is 2.56 bits per heavy atom. The number of ether oxygens (including phenoxy) is 1. The minimum Gasteiger partial charge on any atom is -0.444 e. The van der Waals surface area contributed by atoms with Crippen LogP contribution in [-0.4, -0.2) is 35.7 Å². The molecule has 25 heavy (non-hydrogen) atoms. The normalized spacial score (nSPS) is 18.6. The number of rotatable bonds is 5. The molecule has 1 amide bonds. The maximum atomic E-state index is 12.2. The smallest absolute Gasteiger partial charge is 0.410 e. The second-order valence-corrected chi connectivity index (χ2v) is 8.04. The molecule has 0 bridgehead atoms. The number of unbranched alkanes of at least 4 members (excludes halogenated alkanes) is 1. The zero-order valence-corrected chi connectivity index (χ0v) is 16.3. The van der Waals surface area contributed by atoms with Gasteiger partial charge in [-0.2, -0.15) is 0 Å². The fourth-order valence-electron chi connectivity index (χ4n) is 3.13. The van der Waals surface area contributed by atoms with Crippen LogP contribution in [-0.2, 0) is 11.2 Å². The van der Waals surface area contributed by atoms with Crippen LogP contribution >= 0.6 is 0 Å². The number of anilines is 1.